The fourth-order valence-corrected chi connectivity index (χ4v) is 3.86. The molecule has 2 atom stereocenters. The quantitative estimate of drug-likeness (QED) is 0.857. The number of nitrogens with one attached hydrogen (secondary N) is 1. The summed E-state index contributed by atoms with van der Waals surface area (Å²) in [6.07, 6.45) is 10.2. The Labute approximate surface area is 124 Å². The van der Waals surface area contributed by atoms with Gasteiger partial charge in [0, 0.05) is 19.1 Å². The molecule has 2 rings (SSSR count). The Kier molecular flexibility index (Phi) is 6.34. The van der Waals surface area contributed by atoms with Gasteiger partial charge in [-0.05, 0) is 37.5 Å². The fraction of sp³-hybridized carbons (Fsp3) is 0.941. The maximum atomic E-state index is 12.3. The van der Waals surface area contributed by atoms with Gasteiger partial charge in [0.15, 0.2) is 0 Å². The first-order valence-electron chi connectivity index (χ1n) is 8.69. The van der Waals surface area contributed by atoms with Crippen molar-refractivity contribution in [2.24, 2.45) is 11.8 Å². The molecule has 0 aromatic heterocycles. The van der Waals surface area contributed by atoms with Crippen LogP contribution in [0.25, 0.3) is 0 Å². The van der Waals surface area contributed by atoms with Crippen LogP contribution in [-0.2, 0) is 4.79 Å². The molecule has 1 saturated carbocycles. The van der Waals surface area contributed by atoms with Gasteiger partial charge in [-0.25, -0.2) is 0 Å². The number of rotatable bonds is 4. The van der Waals surface area contributed by atoms with E-state index in [-0.39, 0.29) is 0 Å². The van der Waals surface area contributed by atoms with Crippen molar-refractivity contribution in [3.8, 4) is 0 Å². The van der Waals surface area contributed by atoms with Crippen LogP contribution in [0.4, 0.5) is 0 Å². The average molecular weight is 280 g/mol. The second-order valence-corrected chi connectivity index (χ2v) is 6.97. The number of nitrogens with zero attached hydrogens (tertiary/aromatic N) is 1. The van der Waals surface area contributed by atoms with Crippen molar-refractivity contribution >= 4 is 5.91 Å². The minimum absolute atomic E-state index is 0.319. The molecule has 1 amide bonds. The van der Waals surface area contributed by atoms with Crippen LogP contribution in [0.3, 0.4) is 0 Å². The second-order valence-electron chi connectivity index (χ2n) is 6.97. The molecule has 2 fully saturated rings. The van der Waals surface area contributed by atoms with Crippen molar-refractivity contribution in [3.63, 3.8) is 0 Å². The van der Waals surface area contributed by atoms with Gasteiger partial charge in [-0.2, -0.15) is 0 Å². The fourth-order valence-electron chi connectivity index (χ4n) is 3.86. The van der Waals surface area contributed by atoms with E-state index in [0.29, 0.717) is 18.5 Å². The molecule has 1 N–H and O–H groups in total. The summed E-state index contributed by atoms with van der Waals surface area (Å²) in [4.78, 5) is 14.4. The molecular weight excluding hydrogens is 248 g/mol. The van der Waals surface area contributed by atoms with E-state index in [1.54, 1.807) is 0 Å². The van der Waals surface area contributed by atoms with Crippen LogP contribution < -0.4 is 5.32 Å². The molecule has 0 aromatic carbocycles. The molecule has 2 aliphatic rings. The van der Waals surface area contributed by atoms with Crippen molar-refractivity contribution in [3.05, 3.63) is 0 Å². The van der Waals surface area contributed by atoms with Gasteiger partial charge in [0.2, 0.25) is 5.91 Å². The number of hydrogen-bond acceptors (Lipinski definition) is 2. The Hall–Kier alpha value is -0.570. The highest BCUT2D eigenvalue weighted by molar-refractivity contribution is 5.78. The summed E-state index contributed by atoms with van der Waals surface area (Å²) in [5, 5.41) is 3.58. The highest BCUT2D eigenvalue weighted by Crippen LogP contribution is 2.30. The molecule has 1 saturated heterocycles. The zero-order valence-corrected chi connectivity index (χ0v) is 13.4. The molecule has 3 nitrogen and oxygen atoms in total. The zero-order valence-electron chi connectivity index (χ0n) is 13.4. The van der Waals surface area contributed by atoms with Crippen molar-refractivity contribution in [1.29, 1.82) is 0 Å². The van der Waals surface area contributed by atoms with Crippen molar-refractivity contribution in [2.45, 2.75) is 71.3 Å². The minimum atomic E-state index is 0.319. The van der Waals surface area contributed by atoms with Crippen LogP contribution in [-0.4, -0.2) is 36.5 Å². The van der Waals surface area contributed by atoms with E-state index >= 15 is 0 Å². The molecule has 116 valence electrons. The lowest BCUT2D eigenvalue weighted by Gasteiger charge is -2.35. The first-order chi connectivity index (χ1) is 9.68. The van der Waals surface area contributed by atoms with E-state index in [1.165, 1.54) is 51.4 Å². The average Bonchev–Trinajstić information content (AvgIpc) is 2.74. The smallest absolute Gasteiger partial charge is 0.236 e. The minimum Gasteiger partial charge on any atom is -0.342 e. The summed E-state index contributed by atoms with van der Waals surface area (Å²) in [5.74, 6) is 1.79. The summed E-state index contributed by atoms with van der Waals surface area (Å²) in [6, 6.07) is 0.555. The van der Waals surface area contributed by atoms with Gasteiger partial charge in [0.05, 0.1) is 6.54 Å². The van der Waals surface area contributed by atoms with E-state index in [9.17, 15) is 4.79 Å². The Morgan fingerprint density at radius 2 is 1.70 bits per heavy atom. The molecule has 1 heterocycles. The third kappa shape index (κ3) is 4.47. The van der Waals surface area contributed by atoms with E-state index in [0.717, 1.165) is 24.9 Å². The molecule has 0 radical (unpaired) electrons. The first kappa shape index (κ1) is 15.8. The molecule has 2 unspecified atom stereocenters. The molecule has 3 heteroatoms. The van der Waals surface area contributed by atoms with Crippen LogP contribution in [0.1, 0.15) is 65.2 Å². The van der Waals surface area contributed by atoms with Crippen LogP contribution >= 0.6 is 0 Å². The van der Waals surface area contributed by atoms with E-state index in [1.807, 2.05) is 0 Å². The van der Waals surface area contributed by atoms with Crippen LogP contribution in [0.2, 0.25) is 0 Å². The van der Waals surface area contributed by atoms with E-state index < -0.39 is 0 Å². The molecule has 0 aromatic rings. The normalized spacial score (nSPS) is 28.4. The third-order valence-electron chi connectivity index (χ3n) is 5.15. The monoisotopic (exact) mass is 280 g/mol. The van der Waals surface area contributed by atoms with Crippen molar-refractivity contribution in [2.75, 3.05) is 19.6 Å². The number of amides is 1. The zero-order chi connectivity index (χ0) is 14.4. The molecule has 0 bridgehead atoms. The first-order valence-corrected chi connectivity index (χ1v) is 8.69. The van der Waals surface area contributed by atoms with Crippen LogP contribution in [0.5, 0.6) is 0 Å². The molecule has 1 aliphatic heterocycles. The summed E-state index contributed by atoms with van der Waals surface area (Å²) in [6.45, 7) is 7.13. The maximum absolute atomic E-state index is 12.3. The summed E-state index contributed by atoms with van der Waals surface area (Å²) in [5.41, 5.74) is 0. The van der Waals surface area contributed by atoms with Gasteiger partial charge < -0.3 is 10.2 Å². The van der Waals surface area contributed by atoms with Gasteiger partial charge in [-0.3, -0.25) is 4.79 Å². The summed E-state index contributed by atoms with van der Waals surface area (Å²) >= 11 is 0. The predicted molar refractivity (Wildman–Crippen MR) is 83.6 cm³/mol. The van der Waals surface area contributed by atoms with E-state index in [4.69, 9.17) is 0 Å². The summed E-state index contributed by atoms with van der Waals surface area (Å²) < 4.78 is 0. The van der Waals surface area contributed by atoms with Gasteiger partial charge in [-0.1, -0.05) is 39.5 Å². The second kappa shape index (κ2) is 8.02. The largest absolute Gasteiger partial charge is 0.342 e. The number of carbonyl (C=O) groups excluding carboxylic acids is 1. The topological polar surface area (TPSA) is 32.3 Å². The SMILES string of the molecule is CC(C)C1CCCCC1NCC(=O)N1CCCCCC1. The van der Waals surface area contributed by atoms with Crippen LogP contribution in [0, 0.1) is 11.8 Å². The standard InChI is InChI=1S/C17H32N2O/c1-14(2)15-9-5-6-10-16(15)18-13-17(20)19-11-7-3-4-8-12-19/h14-16,18H,3-13H2,1-2H3. The molecule has 0 spiro atoms. The maximum Gasteiger partial charge on any atom is 0.236 e. The Balaban J connectivity index is 1.79. The van der Waals surface area contributed by atoms with Gasteiger partial charge in [0.25, 0.3) is 0 Å². The van der Waals surface area contributed by atoms with Gasteiger partial charge in [0.1, 0.15) is 0 Å². The lowest BCUT2D eigenvalue weighted by atomic mass is 9.78. The number of carbonyl (C=O) groups is 1. The Morgan fingerprint density at radius 1 is 1.05 bits per heavy atom. The summed E-state index contributed by atoms with van der Waals surface area (Å²) in [7, 11) is 0. The third-order valence-corrected chi connectivity index (χ3v) is 5.15. The van der Waals surface area contributed by atoms with Gasteiger partial charge in [-0.15, -0.1) is 0 Å². The van der Waals surface area contributed by atoms with Crippen molar-refractivity contribution in [1.82, 2.24) is 10.2 Å². The Bertz CT molecular complexity index is 295. The highest BCUT2D eigenvalue weighted by Gasteiger charge is 2.28. The molecular formula is C17H32N2O. The molecule has 1 aliphatic carbocycles. The highest BCUT2D eigenvalue weighted by atomic mass is 16.2. The lowest BCUT2D eigenvalue weighted by molar-refractivity contribution is -0.130. The van der Waals surface area contributed by atoms with Crippen molar-refractivity contribution < 1.29 is 4.79 Å². The Morgan fingerprint density at radius 3 is 2.35 bits per heavy atom. The van der Waals surface area contributed by atoms with Gasteiger partial charge >= 0.3 is 0 Å². The lowest BCUT2D eigenvalue weighted by Crippen LogP contribution is -2.46. The number of hydrogen-bond donors (Lipinski definition) is 1. The van der Waals surface area contributed by atoms with Crippen LogP contribution in [0.15, 0.2) is 0 Å². The van der Waals surface area contributed by atoms with E-state index in [2.05, 4.69) is 24.1 Å². The predicted octanol–water partition coefficient (Wildman–Crippen LogP) is 3.19. The molecule has 20 heavy (non-hydrogen) atoms. The number of likely N-dealkylation sites (tertiary alicyclic amines) is 1.